The molecule has 0 aliphatic heterocycles. The molecule has 0 radical (unpaired) electrons. The normalized spacial score (nSPS) is 10.5. The molecule has 0 saturated carbocycles. The molecule has 3 rings (SSSR count). The van der Waals surface area contributed by atoms with Gasteiger partial charge in [0.25, 0.3) is 5.91 Å². The highest BCUT2D eigenvalue weighted by atomic mass is 16.5. The van der Waals surface area contributed by atoms with Crippen LogP contribution < -0.4 is 25.2 Å². The van der Waals surface area contributed by atoms with Crippen molar-refractivity contribution >= 4 is 28.6 Å². The number of hydrogen-bond acceptors (Lipinski definition) is 7. The number of anilines is 1. The van der Waals surface area contributed by atoms with Crippen LogP contribution in [0.5, 0.6) is 17.2 Å². The molecular formula is C21H23N3O7. The van der Waals surface area contributed by atoms with Crippen LogP contribution in [-0.4, -0.2) is 49.8 Å². The van der Waals surface area contributed by atoms with E-state index in [4.69, 9.17) is 18.9 Å². The summed E-state index contributed by atoms with van der Waals surface area (Å²) in [5.41, 5.74) is 2.12. The van der Waals surface area contributed by atoms with Gasteiger partial charge < -0.3 is 34.2 Å². The van der Waals surface area contributed by atoms with Crippen LogP contribution >= 0.6 is 0 Å². The van der Waals surface area contributed by atoms with Gasteiger partial charge in [0.2, 0.25) is 5.75 Å². The Morgan fingerprint density at radius 2 is 1.61 bits per heavy atom. The van der Waals surface area contributed by atoms with Crippen LogP contribution in [0.4, 0.5) is 5.69 Å². The number of methoxy groups -OCH3 is 3. The maximum Gasteiger partial charge on any atom is 0.323 e. The van der Waals surface area contributed by atoms with Gasteiger partial charge in [0.05, 0.1) is 32.4 Å². The SMILES string of the molecule is COc1cc(CCC(=O)OCC(=O)Nc2ccc3[nH]c(=O)[nH]c3c2)cc(OC)c1OC. The lowest BCUT2D eigenvalue weighted by Crippen LogP contribution is -2.21. The Morgan fingerprint density at radius 1 is 0.935 bits per heavy atom. The van der Waals surface area contributed by atoms with Gasteiger partial charge in [-0.2, -0.15) is 0 Å². The topological polar surface area (TPSA) is 132 Å². The Kier molecular flexibility index (Phi) is 6.81. The smallest absolute Gasteiger partial charge is 0.323 e. The number of aromatic nitrogens is 2. The van der Waals surface area contributed by atoms with E-state index < -0.39 is 18.5 Å². The van der Waals surface area contributed by atoms with E-state index in [-0.39, 0.29) is 12.1 Å². The molecule has 1 heterocycles. The molecule has 0 unspecified atom stereocenters. The number of benzene rings is 2. The Labute approximate surface area is 177 Å². The standard InChI is InChI=1S/C21H23N3O7/c1-28-16-8-12(9-17(29-2)20(16)30-3)4-7-19(26)31-11-18(25)22-13-5-6-14-15(10-13)24-21(27)23-14/h5-6,8-10H,4,7,11H2,1-3H3,(H,22,25)(H2,23,24,27). The third-order valence-electron chi connectivity index (χ3n) is 4.51. The largest absolute Gasteiger partial charge is 0.493 e. The predicted octanol–water partition coefficient (Wildman–Crippen LogP) is 2.00. The first-order chi connectivity index (χ1) is 14.9. The molecule has 2 aromatic carbocycles. The third-order valence-corrected chi connectivity index (χ3v) is 4.51. The second-order valence-electron chi connectivity index (χ2n) is 6.58. The van der Waals surface area contributed by atoms with Gasteiger partial charge in [0, 0.05) is 12.1 Å². The molecule has 0 fully saturated rings. The van der Waals surface area contributed by atoms with Crippen LogP contribution in [0.25, 0.3) is 11.0 Å². The van der Waals surface area contributed by atoms with Crippen LogP contribution in [0, 0.1) is 0 Å². The molecule has 31 heavy (non-hydrogen) atoms. The van der Waals surface area contributed by atoms with Gasteiger partial charge in [-0.05, 0) is 42.3 Å². The van der Waals surface area contributed by atoms with Gasteiger partial charge >= 0.3 is 11.7 Å². The molecule has 0 aliphatic carbocycles. The number of hydrogen-bond donors (Lipinski definition) is 3. The van der Waals surface area contributed by atoms with Crippen molar-refractivity contribution in [2.75, 3.05) is 33.3 Å². The van der Waals surface area contributed by atoms with Crippen molar-refractivity contribution in [3.05, 3.63) is 46.4 Å². The fraction of sp³-hybridized carbons (Fsp3) is 0.286. The lowest BCUT2D eigenvalue weighted by molar-refractivity contribution is -0.147. The number of fused-ring (bicyclic) bond motifs is 1. The zero-order chi connectivity index (χ0) is 22.4. The summed E-state index contributed by atoms with van der Waals surface area (Å²) in [5.74, 6) is 0.443. The van der Waals surface area contributed by atoms with Gasteiger partial charge in [-0.1, -0.05) is 0 Å². The second kappa shape index (κ2) is 9.70. The van der Waals surface area contributed by atoms with Crippen molar-refractivity contribution in [1.29, 1.82) is 0 Å². The van der Waals surface area contributed by atoms with Crippen LogP contribution in [0.15, 0.2) is 35.1 Å². The first-order valence-electron chi connectivity index (χ1n) is 9.40. The minimum atomic E-state index is -0.519. The predicted molar refractivity (Wildman–Crippen MR) is 113 cm³/mol. The average molecular weight is 429 g/mol. The van der Waals surface area contributed by atoms with E-state index in [9.17, 15) is 14.4 Å². The van der Waals surface area contributed by atoms with Crippen LogP contribution in [-0.2, 0) is 20.7 Å². The van der Waals surface area contributed by atoms with E-state index in [1.54, 1.807) is 30.3 Å². The summed E-state index contributed by atoms with van der Waals surface area (Å²) in [5, 5.41) is 2.62. The average Bonchev–Trinajstić information content (AvgIpc) is 3.14. The molecule has 3 aromatic rings. The quantitative estimate of drug-likeness (QED) is 0.443. The number of amides is 1. The molecule has 0 spiro atoms. The number of aromatic amines is 2. The summed E-state index contributed by atoms with van der Waals surface area (Å²) < 4.78 is 20.9. The molecule has 3 N–H and O–H groups in total. The van der Waals surface area contributed by atoms with Crippen molar-refractivity contribution < 1.29 is 28.5 Å². The summed E-state index contributed by atoms with van der Waals surface area (Å²) >= 11 is 0. The number of rotatable bonds is 9. The van der Waals surface area contributed by atoms with Gasteiger partial charge in [0.15, 0.2) is 18.1 Å². The number of imidazole rings is 1. The fourth-order valence-electron chi connectivity index (χ4n) is 3.05. The number of aryl methyl sites for hydroxylation is 1. The molecule has 164 valence electrons. The number of nitrogens with one attached hydrogen (secondary N) is 3. The first kappa shape index (κ1) is 21.8. The monoisotopic (exact) mass is 429 g/mol. The molecule has 10 nitrogen and oxygen atoms in total. The molecule has 1 amide bonds. The lowest BCUT2D eigenvalue weighted by Gasteiger charge is -2.14. The lowest BCUT2D eigenvalue weighted by atomic mass is 10.1. The summed E-state index contributed by atoms with van der Waals surface area (Å²) in [7, 11) is 4.54. The van der Waals surface area contributed by atoms with Crippen LogP contribution in [0.3, 0.4) is 0 Å². The van der Waals surface area contributed by atoms with Crippen molar-refractivity contribution in [3.63, 3.8) is 0 Å². The third kappa shape index (κ3) is 5.35. The maximum absolute atomic E-state index is 12.1. The number of ether oxygens (including phenoxy) is 4. The number of H-pyrrole nitrogens is 2. The number of carbonyl (C=O) groups excluding carboxylic acids is 2. The highest BCUT2D eigenvalue weighted by Gasteiger charge is 2.15. The van der Waals surface area contributed by atoms with Crippen molar-refractivity contribution in [3.8, 4) is 17.2 Å². The van der Waals surface area contributed by atoms with Crippen molar-refractivity contribution in [2.45, 2.75) is 12.8 Å². The minimum absolute atomic E-state index is 0.0719. The van der Waals surface area contributed by atoms with E-state index >= 15 is 0 Å². The van der Waals surface area contributed by atoms with E-state index in [2.05, 4.69) is 15.3 Å². The summed E-state index contributed by atoms with van der Waals surface area (Å²) in [4.78, 5) is 40.6. The van der Waals surface area contributed by atoms with E-state index in [1.165, 1.54) is 21.3 Å². The van der Waals surface area contributed by atoms with E-state index in [1.807, 2.05) is 0 Å². The molecular weight excluding hydrogens is 406 g/mol. The van der Waals surface area contributed by atoms with Crippen molar-refractivity contribution in [2.24, 2.45) is 0 Å². The van der Waals surface area contributed by atoms with E-state index in [0.29, 0.717) is 40.4 Å². The van der Waals surface area contributed by atoms with Gasteiger partial charge in [0.1, 0.15) is 0 Å². The van der Waals surface area contributed by atoms with Gasteiger partial charge in [-0.25, -0.2) is 4.79 Å². The molecule has 1 aromatic heterocycles. The Bertz CT molecular complexity index is 1120. The Morgan fingerprint density at radius 3 is 2.26 bits per heavy atom. The molecule has 0 bridgehead atoms. The molecule has 0 saturated heterocycles. The summed E-state index contributed by atoms with van der Waals surface area (Å²) in [6.07, 6.45) is 0.442. The molecule has 0 aliphatic rings. The van der Waals surface area contributed by atoms with E-state index in [0.717, 1.165) is 5.56 Å². The summed E-state index contributed by atoms with van der Waals surface area (Å²) in [6.45, 7) is -0.421. The summed E-state index contributed by atoms with van der Waals surface area (Å²) in [6, 6.07) is 8.41. The van der Waals surface area contributed by atoms with Crippen molar-refractivity contribution in [1.82, 2.24) is 9.97 Å². The zero-order valence-corrected chi connectivity index (χ0v) is 17.4. The fourth-order valence-corrected chi connectivity index (χ4v) is 3.05. The van der Waals surface area contributed by atoms with Crippen LogP contribution in [0.1, 0.15) is 12.0 Å². The highest BCUT2D eigenvalue weighted by molar-refractivity contribution is 5.94. The minimum Gasteiger partial charge on any atom is -0.493 e. The number of carbonyl (C=O) groups is 2. The second-order valence-corrected chi connectivity index (χ2v) is 6.58. The first-order valence-corrected chi connectivity index (χ1v) is 9.40. The van der Waals surface area contributed by atoms with Gasteiger partial charge in [-0.15, -0.1) is 0 Å². The Hall–Kier alpha value is -3.95. The maximum atomic E-state index is 12.1. The number of esters is 1. The molecule has 10 heteroatoms. The zero-order valence-electron chi connectivity index (χ0n) is 17.4. The Balaban J connectivity index is 1.51. The molecule has 0 atom stereocenters. The van der Waals surface area contributed by atoms with Gasteiger partial charge in [-0.3, -0.25) is 9.59 Å². The van der Waals surface area contributed by atoms with Crippen LogP contribution in [0.2, 0.25) is 0 Å². The highest BCUT2D eigenvalue weighted by Crippen LogP contribution is 2.38.